The van der Waals surface area contributed by atoms with E-state index in [1.807, 2.05) is 0 Å². The molecule has 7 nitrogen and oxygen atoms in total. The fourth-order valence-electron chi connectivity index (χ4n) is 5.53. The molecule has 0 heterocycles. The van der Waals surface area contributed by atoms with Gasteiger partial charge in [-0.3, -0.25) is 9.13 Å². The van der Waals surface area contributed by atoms with Crippen LogP contribution in [-0.4, -0.2) is 41.0 Å². The molecule has 1 rings (SSSR count). The highest BCUT2D eigenvalue weighted by Gasteiger charge is 2.55. The average Bonchev–Trinajstić information content (AvgIpc) is 2.61. The van der Waals surface area contributed by atoms with Crippen LogP contribution < -0.4 is 0 Å². The smallest absolute Gasteiger partial charge is 0.346 e. The minimum atomic E-state index is -3.95. The van der Waals surface area contributed by atoms with Crippen molar-refractivity contribution in [3.63, 3.8) is 0 Å². The normalized spacial score (nSPS) is 24.8. The first-order valence-corrected chi connectivity index (χ1v) is 17.3. The lowest BCUT2D eigenvalue weighted by molar-refractivity contribution is -0.0843. The van der Waals surface area contributed by atoms with Gasteiger partial charge < -0.3 is 23.2 Å². The summed E-state index contributed by atoms with van der Waals surface area (Å²) in [6.45, 7) is 27.3. The Kier molecular flexibility index (Phi) is 12.7. The van der Waals surface area contributed by atoms with Gasteiger partial charge in [0.05, 0.1) is 30.5 Å². The number of hydrogen-bond donors (Lipinski definition) is 1. The molecule has 0 bridgehead atoms. The van der Waals surface area contributed by atoms with Gasteiger partial charge in [0.15, 0.2) is 5.40 Å². The molecular formula is C28H58O7P2. The summed E-state index contributed by atoms with van der Waals surface area (Å²) in [7, 11) is -7.91. The highest BCUT2D eigenvalue weighted by molar-refractivity contribution is 7.72. The molecule has 222 valence electrons. The van der Waals surface area contributed by atoms with Gasteiger partial charge in [-0.2, -0.15) is 0 Å². The molecular weight excluding hydrogens is 510 g/mol. The number of aliphatic hydroxyl groups is 1. The van der Waals surface area contributed by atoms with E-state index in [9.17, 15) is 14.2 Å². The van der Waals surface area contributed by atoms with E-state index in [4.69, 9.17) is 18.1 Å². The maximum Gasteiger partial charge on any atom is 0.346 e. The molecule has 2 atom stereocenters. The molecule has 37 heavy (non-hydrogen) atoms. The number of aliphatic hydroxyl groups excluding tert-OH is 1. The summed E-state index contributed by atoms with van der Waals surface area (Å²) in [6.07, 6.45) is -0.327. The highest BCUT2D eigenvalue weighted by atomic mass is 31.2. The summed E-state index contributed by atoms with van der Waals surface area (Å²) in [4.78, 5) is 0. The maximum absolute atomic E-state index is 14.6. The van der Waals surface area contributed by atoms with Gasteiger partial charge in [0.1, 0.15) is 0 Å². The summed E-state index contributed by atoms with van der Waals surface area (Å²) in [5.41, 5.74) is -0.258. The first kappa shape index (κ1) is 35.3. The fraction of sp³-hybridized carbons (Fsp3) is 1.00. The van der Waals surface area contributed by atoms with Crippen LogP contribution >= 0.6 is 15.2 Å². The molecule has 1 saturated carbocycles. The van der Waals surface area contributed by atoms with E-state index in [2.05, 4.69) is 41.5 Å². The Hall–Kier alpha value is 0.260. The van der Waals surface area contributed by atoms with Crippen LogP contribution in [0.1, 0.15) is 116 Å². The van der Waals surface area contributed by atoms with Crippen molar-refractivity contribution in [2.45, 2.75) is 152 Å². The van der Waals surface area contributed by atoms with E-state index >= 15 is 0 Å². The standard InChI is InChI=1S/C28H58O7P2/c1-18(2)32-36(30,33-19(3)4)25(37(31,34-20(5)6)35-21(7)8)17-22-15-23(27(9,10)11)26(29)24(16-22)28(12,13)14/h18-26,29H,15-17H2,1-14H3. The Morgan fingerprint density at radius 2 is 0.919 bits per heavy atom. The Morgan fingerprint density at radius 3 is 1.14 bits per heavy atom. The van der Waals surface area contributed by atoms with Gasteiger partial charge in [-0.05, 0) is 103 Å². The highest BCUT2D eigenvalue weighted by Crippen LogP contribution is 2.74. The van der Waals surface area contributed by atoms with Crippen LogP contribution in [0, 0.1) is 28.6 Å². The van der Waals surface area contributed by atoms with Crippen molar-refractivity contribution in [2.24, 2.45) is 28.6 Å². The lowest BCUT2D eigenvalue weighted by atomic mass is 9.58. The van der Waals surface area contributed by atoms with Gasteiger partial charge in [-0.1, -0.05) is 41.5 Å². The van der Waals surface area contributed by atoms with Crippen LogP contribution in [0.3, 0.4) is 0 Å². The van der Waals surface area contributed by atoms with Crippen LogP contribution in [-0.2, 0) is 27.2 Å². The molecule has 0 radical (unpaired) electrons. The summed E-state index contributed by atoms with van der Waals surface area (Å²) >= 11 is 0. The van der Waals surface area contributed by atoms with Gasteiger partial charge in [-0.25, -0.2) is 0 Å². The molecule has 0 aromatic heterocycles. The number of hydrogen-bond acceptors (Lipinski definition) is 7. The Labute approximate surface area is 228 Å². The Balaban J connectivity index is 3.71. The first-order chi connectivity index (χ1) is 16.5. The van der Waals surface area contributed by atoms with Crippen molar-refractivity contribution in [2.75, 3.05) is 0 Å². The fourth-order valence-corrected chi connectivity index (χ4v) is 11.7. The van der Waals surface area contributed by atoms with E-state index in [1.165, 1.54) is 0 Å². The van der Waals surface area contributed by atoms with Gasteiger partial charge >= 0.3 is 15.2 Å². The number of rotatable bonds is 12. The van der Waals surface area contributed by atoms with Crippen molar-refractivity contribution in [3.8, 4) is 0 Å². The van der Waals surface area contributed by atoms with Crippen LogP contribution in [0.4, 0.5) is 0 Å². The zero-order valence-electron chi connectivity index (χ0n) is 26.1. The predicted octanol–water partition coefficient (Wildman–Crippen LogP) is 8.88. The third-order valence-corrected chi connectivity index (χ3v) is 13.4. The Morgan fingerprint density at radius 1 is 0.649 bits per heavy atom. The van der Waals surface area contributed by atoms with Gasteiger partial charge in [-0.15, -0.1) is 0 Å². The largest absolute Gasteiger partial charge is 0.393 e. The van der Waals surface area contributed by atoms with Crippen molar-refractivity contribution < 1.29 is 32.3 Å². The van der Waals surface area contributed by atoms with E-state index in [-0.39, 0.29) is 28.6 Å². The molecule has 9 heteroatoms. The van der Waals surface area contributed by atoms with Gasteiger partial charge in [0.25, 0.3) is 0 Å². The molecule has 1 N–H and O–H groups in total. The van der Waals surface area contributed by atoms with Crippen molar-refractivity contribution in [1.29, 1.82) is 0 Å². The lowest BCUT2D eigenvalue weighted by Crippen LogP contribution is -2.48. The van der Waals surface area contributed by atoms with Crippen LogP contribution in [0.15, 0.2) is 0 Å². The topological polar surface area (TPSA) is 91.3 Å². The lowest BCUT2D eigenvalue weighted by Gasteiger charge is -2.50. The van der Waals surface area contributed by atoms with Gasteiger partial charge in [0, 0.05) is 0 Å². The molecule has 0 spiro atoms. The summed E-state index contributed by atoms with van der Waals surface area (Å²) < 4.78 is 53.3. The molecule has 1 aliphatic carbocycles. The third kappa shape index (κ3) is 10.3. The molecule has 2 unspecified atom stereocenters. The van der Waals surface area contributed by atoms with Crippen LogP contribution in [0.5, 0.6) is 0 Å². The summed E-state index contributed by atoms with van der Waals surface area (Å²) in [5.74, 6) is 0.0921. The van der Waals surface area contributed by atoms with Crippen molar-refractivity contribution >= 4 is 15.2 Å². The van der Waals surface area contributed by atoms with E-state index < -0.39 is 51.1 Å². The van der Waals surface area contributed by atoms with Gasteiger partial charge in [0.2, 0.25) is 0 Å². The molecule has 0 aromatic rings. The van der Waals surface area contributed by atoms with Crippen molar-refractivity contribution in [3.05, 3.63) is 0 Å². The van der Waals surface area contributed by atoms with Crippen LogP contribution in [0.2, 0.25) is 0 Å². The van der Waals surface area contributed by atoms with Crippen LogP contribution in [0.25, 0.3) is 0 Å². The minimum absolute atomic E-state index is 0.0292. The average molecular weight is 569 g/mol. The van der Waals surface area contributed by atoms with E-state index in [1.54, 1.807) is 55.4 Å². The third-order valence-electron chi connectivity index (χ3n) is 6.93. The monoisotopic (exact) mass is 568 g/mol. The zero-order chi connectivity index (χ0) is 29.1. The second-order valence-corrected chi connectivity index (χ2v) is 18.8. The van der Waals surface area contributed by atoms with E-state index in [0.717, 1.165) is 12.8 Å². The second kappa shape index (κ2) is 13.3. The Bertz CT molecular complexity index is 705. The molecule has 0 saturated heterocycles. The SMILES string of the molecule is CC(C)OP(=O)(OC(C)C)C(CC1CC(C(C)(C)C)C(O)C(C(C)(C)C)C1)P(=O)(OC(C)C)OC(C)C. The van der Waals surface area contributed by atoms with Crippen molar-refractivity contribution in [1.82, 2.24) is 0 Å². The molecule has 0 aliphatic heterocycles. The minimum Gasteiger partial charge on any atom is -0.393 e. The second-order valence-electron chi connectivity index (χ2n) is 14.2. The molecule has 0 amide bonds. The molecule has 1 fully saturated rings. The quantitative estimate of drug-likeness (QED) is 0.235. The van der Waals surface area contributed by atoms with E-state index in [0.29, 0.717) is 6.42 Å². The molecule has 0 aromatic carbocycles. The predicted molar refractivity (Wildman–Crippen MR) is 153 cm³/mol. The summed E-state index contributed by atoms with van der Waals surface area (Å²) in [5, 5.41) is 10.4. The molecule has 1 aliphatic rings. The summed E-state index contributed by atoms with van der Waals surface area (Å²) in [6, 6.07) is 0. The first-order valence-electron chi connectivity index (χ1n) is 14.1. The maximum atomic E-state index is 14.6. The zero-order valence-corrected chi connectivity index (χ0v) is 27.9.